The third-order valence-corrected chi connectivity index (χ3v) is 4.01. The molecule has 2 heterocycles. The molecule has 6 heteroatoms. The first-order chi connectivity index (χ1) is 9.54. The van der Waals surface area contributed by atoms with Gasteiger partial charge in [0.15, 0.2) is 0 Å². The summed E-state index contributed by atoms with van der Waals surface area (Å²) in [7, 11) is 2.00. The van der Waals surface area contributed by atoms with Gasteiger partial charge in [0, 0.05) is 24.5 Å². The molecule has 0 saturated carbocycles. The molecule has 0 aliphatic rings. The highest BCUT2D eigenvalue weighted by Gasteiger charge is 2.06. The van der Waals surface area contributed by atoms with Crippen LogP contribution in [0.25, 0.3) is 0 Å². The van der Waals surface area contributed by atoms with E-state index in [9.17, 15) is 0 Å². The van der Waals surface area contributed by atoms with Crippen LogP contribution in [-0.2, 0) is 13.1 Å². The number of nitrogens with one attached hydrogen (secondary N) is 1. The zero-order valence-electron chi connectivity index (χ0n) is 11.9. The number of nitrogens with zero attached hydrogens (tertiary/aromatic N) is 3. The van der Waals surface area contributed by atoms with E-state index in [2.05, 4.69) is 34.0 Å². The van der Waals surface area contributed by atoms with Gasteiger partial charge in [-0.25, -0.2) is 4.98 Å². The minimum absolute atomic E-state index is 0.447. The summed E-state index contributed by atoms with van der Waals surface area (Å²) in [6.07, 6.45) is 3.63. The Labute approximate surface area is 128 Å². The number of hydrogen-bond donors (Lipinski definition) is 1. The van der Waals surface area contributed by atoms with E-state index in [0.717, 1.165) is 28.9 Å². The fraction of sp³-hybridized carbons (Fsp3) is 0.429. The molecule has 2 aromatic heterocycles. The Hall–Kier alpha value is -1.17. The van der Waals surface area contributed by atoms with Gasteiger partial charge in [0.1, 0.15) is 5.82 Å². The summed E-state index contributed by atoms with van der Waals surface area (Å²) in [5.41, 5.74) is 0.954. The monoisotopic (exact) mass is 310 g/mol. The van der Waals surface area contributed by atoms with Crippen LogP contribution in [-0.4, -0.2) is 23.1 Å². The molecule has 0 radical (unpaired) electrons. The fourth-order valence-corrected chi connectivity index (χ4v) is 2.84. The third kappa shape index (κ3) is 4.44. The molecule has 0 amide bonds. The van der Waals surface area contributed by atoms with E-state index in [-0.39, 0.29) is 0 Å². The van der Waals surface area contributed by atoms with Crippen LogP contribution in [0.3, 0.4) is 0 Å². The highest BCUT2D eigenvalue weighted by atomic mass is 35.5. The molecule has 0 bridgehead atoms. The van der Waals surface area contributed by atoms with Crippen molar-refractivity contribution < 1.29 is 0 Å². The number of hydrogen-bond acceptors (Lipinski definition) is 5. The van der Waals surface area contributed by atoms with Crippen molar-refractivity contribution in [1.82, 2.24) is 15.3 Å². The van der Waals surface area contributed by atoms with Crippen molar-refractivity contribution in [1.29, 1.82) is 0 Å². The smallest absolute Gasteiger partial charge is 0.147 e. The molecule has 0 aliphatic carbocycles. The van der Waals surface area contributed by atoms with Crippen molar-refractivity contribution in [2.24, 2.45) is 0 Å². The Morgan fingerprint density at radius 2 is 2.10 bits per heavy atom. The predicted molar refractivity (Wildman–Crippen MR) is 85.4 cm³/mol. The molecule has 2 rings (SSSR count). The summed E-state index contributed by atoms with van der Waals surface area (Å²) in [5, 5.41) is 3.32. The van der Waals surface area contributed by atoms with E-state index < -0.39 is 0 Å². The van der Waals surface area contributed by atoms with Crippen LogP contribution >= 0.6 is 22.9 Å². The van der Waals surface area contributed by atoms with Crippen molar-refractivity contribution in [3.63, 3.8) is 0 Å². The van der Waals surface area contributed by atoms with Crippen molar-refractivity contribution in [2.45, 2.75) is 33.0 Å². The highest BCUT2D eigenvalue weighted by molar-refractivity contribution is 7.16. The molecule has 1 N–H and O–H groups in total. The molecular formula is C14H19ClN4S. The summed E-state index contributed by atoms with van der Waals surface area (Å²) in [4.78, 5) is 12.2. The highest BCUT2D eigenvalue weighted by Crippen LogP contribution is 2.23. The summed E-state index contributed by atoms with van der Waals surface area (Å²) in [5.74, 6) is 0.864. The van der Waals surface area contributed by atoms with Gasteiger partial charge in [0.25, 0.3) is 0 Å². The lowest BCUT2D eigenvalue weighted by atomic mass is 10.3. The summed E-state index contributed by atoms with van der Waals surface area (Å²) in [6.45, 7) is 5.76. The second kappa shape index (κ2) is 7.02. The number of aromatic nitrogens is 2. The predicted octanol–water partition coefficient (Wildman–Crippen LogP) is 3.33. The van der Waals surface area contributed by atoms with Gasteiger partial charge in [0.2, 0.25) is 0 Å². The molecule has 108 valence electrons. The normalized spacial score (nSPS) is 11.1. The SMILES string of the molecule is CC(C)NCc1cnc(N(C)Cc2ccc(Cl)s2)cn1. The first-order valence-corrected chi connectivity index (χ1v) is 7.73. The Balaban J connectivity index is 1.94. The van der Waals surface area contributed by atoms with Crippen LogP contribution < -0.4 is 10.2 Å². The van der Waals surface area contributed by atoms with Crippen LogP contribution in [0.1, 0.15) is 24.4 Å². The second-order valence-electron chi connectivity index (χ2n) is 4.96. The molecule has 0 unspecified atom stereocenters. The van der Waals surface area contributed by atoms with Gasteiger partial charge < -0.3 is 10.2 Å². The first-order valence-electron chi connectivity index (χ1n) is 6.54. The maximum Gasteiger partial charge on any atom is 0.147 e. The maximum atomic E-state index is 5.94. The van der Waals surface area contributed by atoms with Gasteiger partial charge in [-0.05, 0) is 12.1 Å². The van der Waals surface area contributed by atoms with Gasteiger partial charge in [-0.15, -0.1) is 11.3 Å². The molecular weight excluding hydrogens is 292 g/mol. The number of thiophene rings is 1. The van der Waals surface area contributed by atoms with Crippen LogP contribution in [0.2, 0.25) is 4.34 Å². The Morgan fingerprint density at radius 1 is 1.30 bits per heavy atom. The average molecular weight is 311 g/mol. The van der Waals surface area contributed by atoms with E-state index in [4.69, 9.17) is 11.6 Å². The third-order valence-electron chi connectivity index (χ3n) is 2.80. The quantitative estimate of drug-likeness (QED) is 0.888. The van der Waals surface area contributed by atoms with Crippen molar-refractivity contribution in [3.8, 4) is 0 Å². The van der Waals surface area contributed by atoms with E-state index in [1.807, 2.05) is 31.6 Å². The van der Waals surface area contributed by atoms with Gasteiger partial charge in [-0.1, -0.05) is 25.4 Å². The number of rotatable bonds is 6. The van der Waals surface area contributed by atoms with Crippen molar-refractivity contribution in [2.75, 3.05) is 11.9 Å². The number of anilines is 1. The van der Waals surface area contributed by atoms with E-state index >= 15 is 0 Å². The average Bonchev–Trinajstić information content (AvgIpc) is 2.82. The molecule has 0 aromatic carbocycles. The molecule has 2 aromatic rings. The van der Waals surface area contributed by atoms with E-state index in [1.54, 1.807) is 11.3 Å². The zero-order valence-corrected chi connectivity index (χ0v) is 13.5. The van der Waals surface area contributed by atoms with Gasteiger partial charge in [-0.3, -0.25) is 4.98 Å². The van der Waals surface area contributed by atoms with Gasteiger partial charge in [-0.2, -0.15) is 0 Å². The lowest BCUT2D eigenvalue weighted by Crippen LogP contribution is -2.23. The molecule has 0 fully saturated rings. The lowest BCUT2D eigenvalue weighted by Gasteiger charge is -2.17. The van der Waals surface area contributed by atoms with Crippen LogP contribution in [0.15, 0.2) is 24.5 Å². The summed E-state index contributed by atoms with van der Waals surface area (Å²) >= 11 is 7.53. The van der Waals surface area contributed by atoms with Crippen molar-refractivity contribution in [3.05, 3.63) is 39.4 Å². The van der Waals surface area contributed by atoms with Crippen LogP contribution in [0.5, 0.6) is 0 Å². The topological polar surface area (TPSA) is 41.1 Å². The Morgan fingerprint density at radius 3 is 2.65 bits per heavy atom. The largest absolute Gasteiger partial charge is 0.353 e. The van der Waals surface area contributed by atoms with E-state index in [0.29, 0.717) is 6.04 Å². The number of halogens is 1. The van der Waals surface area contributed by atoms with Crippen LogP contribution in [0, 0.1) is 0 Å². The van der Waals surface area contributed by atoms with Crippen molar-refractivity contribution >= 4 is 28.8 Å². The standard InChI is InChI=1S/C14H19ClN4S/c1-10(2)16-6-11-7-18-14(8-17-11)19(3)9-12-4-5-13(15)20-12/h4-5,7-8,10,16H,6,9H2,1-3H3. The van der Waals surface area contributed by atoms with E-state index in [1.165, 1.54) is 4.88 Å². The molecule has 20 heavy (non-hydrogen) atoms. The van der Waals surface area contributed by atoms with Gasteiger partial charge >= 0.3 is 0 Å². The first kappa shape index (κ1) is 15.2. The molecule has 0 spiro atoms. The minimum Gasteiger partial charge on any atom is -0.353 e. The Kier molecular flexibility index (Phi) is 5.34. The molecule has 0 atom stereocenters. The Bertz CT molecular complexity index is 538. The molecule has 0 aliphatic heterocycles. The fourth-order valence-electron chi connectivity index (χ4n) is 1.70. The molecule has 0 saturated heterocycles. The second-order valence-corrected chi connectivity index (χ2v) is 6.76. The summed E-state index contributed by atoms with van der Waals surface area (Å²) < 4.78 is 0.814. The molecule has 4 nitrogen and oxygen atoms in total. The zero-order chi connectivity index (χ0) is 14.5. The van der Waals surface area contributed by atoms with Gasteiger partial charge in [0.05, 0.1) is 29.0 Å². The minimum atomic E-state index is 0.447. The summed E-state index contributed by atoms with van der Waals surface area (Å²) in [6, 6.07) is 4.40. The van der Waals surface area contributed by atoms with Crippen LogP contribution in [0.4, 0.5) is 5.82 Å². The maximum absolute atomic E-state index is 5.94. The lowest BCUT2D eigenvalue weighted by molar-refractivity contribution is 0.580.